The molecule has 0 fully saturated rings. The molecule has 0 heterocycles. The van der Waals surface area contributed by atoms with E-state index in [2.05, 4.69) is 11.0 Å². The van der Waals surface area contributed by atoms with Gasteiger partial charge in [0.15, 0.2) is 0 Å². The fraction of sp³-hybridized carbons (Fsp3) is 0.158. The lowest BCUT2D eigenvalue weighted by molar-refractivity contribution is 0.222. The Kier molecular flexibility index (Phi) is 3.73. The molecule has 112 valence electrons. The molecule has 2 N–H and O–H groups in total. The molecule has 0 amide bonds. The highest BCUT2D eigenvalue weighted by molar-refractivity contribution is 5.96. The van der Waals surface area contributed by atoms with Gasteiger partial charge in [0, 0.05) is 25.2 Å². The van der Waals surface area contributed by atoms with Crippen molar-refractivity contribution in [1.82, 2.24) is 0 Å². The lowest BCUT2D eigenvalue weighted by Gasteiger charge is -2.20. The van der Waals surface area contributed by atoms with Gasteiger partial charge in [-0.1, -0.05) is 42.5 Å². The van der Waals surface area contributed by atoms with E-state index in [-0.39, 0.29) is 5.75 Å². The van der Waals surface area contributed by atoms with Gasteiger partial charge in [0.2, 0.25) is 0 Å². The first-order valence-electron chi connectivity index (χ1n) is 7.24. The molecule has 3 nitrogen and oxygen atoms in total. The number of aliphatic hydroxyl groups excluding tert-OH is 1. The summed E-state index contributed by atoms with van der Waals surface area (Å²) in [5.41, 5.74) is 2.75. The minimum atomic E-state index is -0.721. The molecule has 0 aliphatic rings. The maximum Gasteiger partial charge on any atom is 0.115 e. The number of nitrogens with zero attached hydrogens (tertiary/aromatic N) is 1. The van der Waals surface area contributed by atoms with E-state index >= 15 is 0 Å². The van der Waals surface area contributed by atoms with Crippen molar-refractivity contribution < 1.29 is 10.2 Å². The number of aliphatic hydroxyl groups is 1. The fourth-order valence-corrected chi connectivity index (χ4v) is 2.77. The molecule has 0 spiro atoms. The second kappa shape index (κ2) is 5.70. The molecule has 0 aliphatic heterocycles. The van der Waals surface area contributed by atoms with Gasteiger partial charge < -0.3 is 15.1 Å². The molecular formula is C19H19NO2. The summed E-state index contributed by atoms with van der Waals surface area (Å²) >= 11 is 0. The number of phenolic OH excluding ortho intramolecular Hbond substituents is 1. The number of benzene rings is 3. The van der Waals surface area contributed by atoms with E-state index in [4.69, 9.17) is 0 Å². The number of anilines is 1. The Labute approximate surface area is 130 Å². The number of hydrogen-bond acceptors (Lipinski definition) is 3. The third-order valence-corrected chi connectivity index (χ3v) is 3.92. The molecule has 0 saturated heterocycles. The summed E-state index contributed by atoms with van der Waals surface area (Å²) < 4.78 is 0. The third kappa shape index (κ3) is 2.51. The van der Waals surface area contributed by atoms with E-state index in [1.54, 1.807) is 24.3 Å². The minimum absolute atomic E-state index is 0.198. The molecule has 0 aromatic heterocycles. The highest BCUT2D eigenvalue weighted by Gasteiger charge is 2.15. The monoisotopic (exact) mass is 293 g/mol. The second-order valence-corrected chi connectivity index (χ2v) is 5.61. The predicted molar refractivity (Wildman–Crippen MR) is 90.4 cm³/mol. The van der Waals surface area contributed by atoms with Crippen molar-refractivity contribution in [1.29, 1.82) is 0 Å². The smallest absolute Gasteiger partial charge is 0.115 e. The molecule has 22 heavy (non-hydrogen) atoms. The van der Waals surface area contributed by atoms with Gasteiger partial charge in [-0.3, -0.25) is 0 Å². The second-order valence-electron chi connectivity index (χ2n) is 5.61. The van der Waals surface area contributed by atoms with Crippen LogP contribution in [-0.2, 0) is 0 Å². The number of rotatable bonds is 3. The van der Waals surface area contributed by atoms with E-state index in [9.17, 15) is 10.2 Å². The Hall–Kier alpha value is -2.52. The van der Waals surface area contributed by atoms with Gasteiger partial charge in [-0.25, -0.2) is 0 Å². The topological polar surface area (TPSA) is 43.7 Å². The highest BCUT2D eigenvalue weighted by atomic mass is 16.3. The predicted octanol–water partition coefficient (Wildman–Crippen LogP) is 3.69. The summed E-state index contributed by atoms with van der Waals surface area (Å²) in [6.45, 7) is 0. The number of fused-ring (bicyclic) bond motifs is 1. The number of hydrogen-bond donors (Lipinski definition) is 2. The molecule has 0 aliphatic carbocycles. The van der Waals surface area contributed by atoms with Crippen molar-refractivity contribution in [3.63, 3.8) is 0 Å². The third-order valence-electron chi connectivity index (χ3n) is 3.92. The molecule has 0 saturated carbocycles. The van der Waals surface area contributed by atoms with Crippen molar-refractivity contribution in [2.75, 3.05) is 19.0 Å². The molecule has 3 aromatic rings. The van der Waals surface area contributed by atoms with E-state index < -0.39 is 6.10 Å². The van der Waals surface area contributed by atoms with Crippen LogP contribution in [0, 0.1) is 0 Å². The van der Waals surface area contributed by atoms with E-state index in [1.807, 2.05) is 44.4 Å². The fourth-order valence-electron chi connectivity index (χ4n) is 2.77. The van der Waals surface area contributed by atoms with Crippen LogP contribution in [0.3, 0.4) is 0 Å². The maximum atomic E-state index is 10.7. The Bertz CT molecular complexity index is 794. The van der Waals surface area contributed by atoms with Gasteiger partial charge in [-0.05, 0) is 34.7 Å². The van der Waals surface area contributed by atoms with Crippen LogP contribution in [0.1, 0.15) is 17.2 Å². The van der Waals surface area contributed by atoms with Crippen molar-refractivity contribution in [2.45, 2.75) is 6.10 Å². The zero-order valence-electron chi connectivity index (χ0n) is 12.7. The average molecular weight is 293 g/mol. The van der Waals surface area contributed by atoms with E-state index in [1.165, 1.54) is 0 Å². The lowest BCUT2D eigenvalue weighted by Crippen LogP contribution is -2.10. The lowest BCUT2D eigenvalue weighted by atomic mass is 9.95. The SMILES string of the molecule is CN(C)c1ccc([C@@H](O)c2ccc(O)cc2)c2ccccc12. The van der Waals surface area contributed by atoms with Gasteiger partial charge in [0.05, 0.1) is 0 Å². The van der Waals surface area contributed by atoms with Crippen molar-refractivity contribution in [3.8, 4) is 5.75 Å². The molecule has 3 rings (SSSR count). The first-order valence-corrected chi connectivity index (χ1v) is 7.24. The van der Waals surface area contributed by atoms with E-state index in [0.29, 0.717) is 0 Å². The van der Waals surface area contributed by atoms with Crippen LogP contribution < -0.4 is 4.90 Å². The molecular weight excluding hydrogens is 274 g/mol. The van der Waals surface area contributed by atoms with Gasteiger partial charge in [-0.15, -0.1) is 0 Å². The van der Waals surface area contributed by atoms with Crippen LogP contribution >= 0.6 is 0 Å². The Morgan fingerprint density at radius 1 is 0.818 bits per heavy atom. The molecule has 0 unspecified atom stereocenters. The van der Waals surface area contributed by atoms with Crippen LogP contribution in [-0.4, -0.2) is 24.3 Å². The Morgan fingerprint density at radius 2 is 1.45 bits per heavy atom. The van der Waals surface area contributed by atoms with Gasteiger partial charge in [0.1, 0.15) is 11.9 Å². The van der Waals surface area contributed by atoms with Gasteiger partial charge in [0.25, 0.3) is 0 Å². The molecule has 0 bridgehead atoms. The Balaban J connectivity index is 2.15. The summed E-state index contributed by atoms with van der Waals surface area (Å²) in [6.07, 6.45) is -0.721. The highest BCUT2D eigenvalue weighted by Crippen LogP contribution is 2.34. The zero-order chi connectivity index (χ0) is 15.7. The first kappa shape index (κ1) is 14.4. The average Bonchev–Trinajstić information content (AvgIpc) is 2.53. The maximum absolute atomic E-state index is 10.7. The van der Waals surface area contributed by atoms with Crippen LogP contribution in [0.25, 0.3) is 10.8 Å². The summed E-state index contributed by atoms with van der Waals surface area (Å²) in [4.78, 5) is 2.07. The molecule has 1 atom stereocenters. The van der Waals surface area contributed by atoms with Crippen molar-refractivity contribution in [3.05, 3.63) is 71.8 Å². The number of aromatic hydroxyl groups is 1. The molecule has 3 aromatic carbocycles. The largest absolute Gasteiger partial charge is 0.508 e. The Morgan fingerprint density at radius 3 is 2.09 bits per heavy atom. The molecule has 0 radical (unpaired) electrons. The summed E-state index contributed by atoms with van der Waals surface area (Å²) in [6, 6.07) is 18.8. The van der Waals surface area contributed by atoms with Crippen LogP contribution in [0.4, 0.5) is 5.69 Å². The first-order chi connectivity index (χ1) is 10.6. The molecule has 3 heteroatoms. The summed E-state index contributed by atoms with van der Waals surface area (Å²) in [5, 5.41) is 22.3. The van der Waals surface area contributed by atoms with Gasteiger partial charge >= 0.3 is 0 Å². The van der Waals surface area contributed by atoms with Crippen molar-refractivity contribution in [2.24, 2.45) is 0 Å². The van der Waals surface area contributed by atoms with Crippen LogP contribution in [0.5, 0.6) is 5.75 Å². The van der Waals surface area contributed by atoms with Crippen LogP contribution in [0.2, 0.25) is 0 Å². The number of phenols is 1. The summed E-state index contributed by atoms with van der Waals surface area (Å²) in [7, 11) is 4.02. The van der Waals surface area contributed by atoms with Crippen molar-refractivity contribution >= 4 is 16.5 Å². The quantitative estimate of drug-likeness (QED) is 0.774. The van der Waals surface area contributed by atoms with E-state index in [0.717, 1.165) is 27.6 Å². The van der Waals surface area contributed by atoms with Gasteiger partial charge in [-0.2, -0.15) is 0 Å². The summed E-state index contributed by atoms with van der Waals surface area (Å²) in [5.74, 6) is 0.198. The van der Waals surface area contributed by atoms with Crippen LogP contribution in [0.15, 0.2) is 60.7 Å². The zero-order valence-corrected chi connectivity index (χ0v) is 12.7. The minimum Gasteiger partial charge on any atom is -0.508 e. The standard InChI is InChI=1S/C19H19NO2/c1-20(2)18-12-11-17(15-5-3-4-6-16(15)18)19(22)13-7-9-14(21)10-8-13/h3-12,19,21-22H,1-2H3/t19-/m0/s1. The normalized spacial score (nSPS) is 12.3.